The Hall–Kier alpha value is -3.00. The van der Waals surface area contributed by atoms with E-state index in [2.05, 4.69) is 4.98 Å². The number of pyridine rings is 2. The molecule has 0 bridgehead atoms. The Morgan fingerprint density at radius 3 is 2.75 bits per heavy atom. The molecule has 3 heterocycles. The number of nitrogens with one attached hydrogen (secondary N) is 1. The molecule has 0 radical (unpaired) electrons. The van der Waals surface area contributed by atoms with Gasteiger partial charge in [-0.15, -0.1) is 0 Å². The second kappa shape index (κ2) is 7.93. The largest absolute Gasteiger partial charge is 0.465 e. The zero-order chi connectivity index (χ0) is 20.4. The smallest absolute Gasteiger partial charge is 0.341 e. The highest BCUT2D eigenvalue weighted by Crippen LogP contribution is 2.12. The summed E-state index contributed by atoms with van der Waals surface area (Å²) in [5.41, 5.74) is 1.48. The Labute approximate surface area is 161 Å². The van der Waals surface area contributed by atoms with Crippen LogP contribution in [0, 0.1) is 12.3 Å². The third-order valence-electron chi connectivity index (χ3n) is 4.44. The summed E-state index contributed by atoms with van der Waals surface area (Å²) in [5.74, 6) is -0.659. The second-order valence-corrected chi connectivity index (χ2v) is 6.91. The molecule has 0 saturated heterocycles. The molecule has 0 aliphatic rings. The first-order chi connectivity index (χ1) is 13.3. The van der Waals surface area contributed by atoms with Crippen molar-refractivity contribution in [3.05, 3.63) is 51.4 Å². The number of hydrogen-bond acceptors (Lipinski definition) is 6. The fourth-order valence-corrected chi connectivity index (χ4v) is 3.07. The van der Waals surface area contributed by atoms with Crippen molar-refractivity contribution in [3.8, 4) is 0 Å². The van der Waals surface area contributed by atoms with E-state index in [0.717, 1.165) is 5.56 Å². The quantitative estimate of drug-likeness (QED) is 0.398. The highest BCUT2D eigenvalue weighted by Gasteiger charge is 2.17. The van der Waals surface area contributed by atoms with Crippen molar-refractivity contribution in [2.45, 2.75) is 39.8 Å². The Kier molecular flexibility index (Phi) is 5.60. The molecular weight excluding hydrogens is 360 g/mol. The third kappa shape index (κ3) is 3.68. The van der Waals surface area contributed by atoms with Gasteiger partial charge in [-0.3, -0.25) is 14.6 Å². The standard InChI is InChI=1S/C20H24N4O4/c1-12(2)28-9-5-8-23-17(21)14(20(26)27-4)10-15-18(23)22-16-7-6-13(3)11-24(16)19(15)25/h6-7,10-12,21H,5,8-9H2,1-4H3. The van der Waals surface area contributed by atoms with Crippen LogP contribution in [0.1, 0.15) is 36.2 Å². The normalized spacial score (nSPS) is 11.5. The topological polar surface area (TPSA) is 98.7 Å². The monoisotopic (exact) mass is 384 g/mol. The van der Waals surface area contributed by atoms with Crippen molar-refractivity contribution >= 4 is 22.6 Å². The molecular formula is C20H24N4O4. The lowest BCUT2D eigenvalue weighted by Crippen LogP contribution is -2.31. The summed E-state index contributed by atoms with van der Waals surface area (Å²) < 4.78 is 13.4. The molecule has 3 aromatic heterocycles. The first-order valence-electron chi connectivity index (χ1n) is 9.14. The van der Waals surface area contributed by atoms with Crippen LogP contribution in [0.4, 0.5) is 0 Å². The SMILES string of the molecule is COC(=O)c1cc2c(=O)n3cc(C)ccc3nc2n(CCCOC(C)C)c1=N. The summed E-state index contributed by atoms with van der Waals surface area (Å²) in [7, 11) is 1.25. The summed E-state index contributed by atoms with van der Waals surface area (Å²) in [5, 5.41) is 8.74. The molecule has 0 spiro atoms. The summed E-state index contributed by atoms with van der Waals surface area (Å²) >= 11 is 0. The zero-order valence-electron chi connectivity index (χ0n) is 16.5. The first-order valence-corrected chi connectivity index (χ1v) is 9.14. The number of methoxy groups -OCH3 is 1. The van der Waals surface area contributed by atoms with Gasteiger partial charge in [0.05, 0.1) is 18.6 Å². The highest BCUT2D eigenvalue weighted by molar-refractivity contribution is 5.93. The van der Waals surface area contributed by atoms with Crippen LogP contribution in [-0.2, 0) is 16.0 Å². The lowest BCUT2D eigenvalue weighted by atomic mass is 10.2. The number of rotatable bonds is 6. The molecule has 0 unspecified atom stereocenters. The van der Waals surface area contributed by atoms with Crippen LogP contribution < -0.4 is 11.0 Å². The third-order valence-corrected chi connectivity index (χ3v) is 4.44. The molecule has 28 heavy (non-hydrogen) atoms. The average molecular weight is 384 g/mol. The maximum atomic E-state index is 13.1. The van der Waals surface area contributed by atoms with Gasteiger partial charge in [0.1, 0.15) is 22.3 Å². The summed E-state index contributed by atoms with van der Waals surface area (Å²) in [6, 6.07) is 5.04. The van der Waals surface area contributed by atoms with E-state index in [4.69, 9.17) is 14.9 Å². The zero-order valence-corrected chi connectivity index (χ0v) is 16.5. The molecule has 148 valence electrons. The van der Waals surface area contributed by atoms with Crippen molar-refractivity contribution in [1.29, 1.82) is 5.41 Å². The highest BCUT2D eigenvalue weighted by atomic mass is 16.5. The summed E-state index contributed by atoms with van der Waals surface area (Å²) in [4.78, 5) is 29.8. The van der Waals surface area contributed by atoms with Gasteiger partial charge in [0.15, 0.2) is 0 Å². The summed E-state index contributed by atoms with van der Waals surface area (Å²) in [6.45, 7) is 6.68. The fourth-order valence-electron chi connectivity index (χ4n) is 3.07. The Morgan fingerprint density at radius 2 is 2.07 bits per heavy atom. The van der Waals surface area contributed by atoms with Crippen LogP contribution in [0.5, 0.6) is 0 Å². The van der Waals surface area contributed by atoms with Gasteiger partial charge < -0.3 is 14.0 Å². The molecule has 1 N–H and O–H groups in total. The number of aromatic nitrogens is 3. The average Bonchev–Trinajstić information content (AvgIpc) is 2.66. The Balaban J connectivity index is 2.25. The summed E-state index contributed by atoms with van der Waals surface area (Å²) in [6.07, 6.45) is 2.43. The van der Waals surface area contributed by atoms with Crippen LogP contribution in [0.3, 0.4) is 0 Å². The molecule has 0 amide bonds. The molecule has 3 aromatic rings. The Bertz CT molecular complexity index is 1160. The van der Waals surface area contributed by atoms with Gasteiger partial charge in [0.25, 0.3) is 5.56 Å². The van der Waals surface area contributed by atoms with Gasteiger partial charge in [0, 0.05) is 19.3 Å². The van der Waals surface area contributed by atoms with E-state index >= 15 is 0 Å². The lowest BCUT2D eigenvalue weighted by molar-refractivity contribution is 0.0597. The predicted octanol–water partition coefficient (Wildman–Crippen LogP) is 2.04. The number of aryl methyl sites for hydroxylation is 2. The van der Waals surface area contributed by atoms with Crippen LogP contribution in [0.2, 0.25) is 0 Å². The molecule has 8 nitrogen and oxygen atoms in total. The van der Waals surface area contributed by atoms with Gasteiger partial charge in [-0.25, -0.2) is 9.78 Å². The van der Waals surface area contributed by atoms with Crippen molar-refractivity contribution in [2.24, 2.45) is 0 Å². The molecule has 0 atom stereocenters. The maximum Gasteiger partial charge on any atom is 0.341 e. The molecule has 0 fully saturated rings. The van der Waals surface area contributed by atoms with Gasteiger partial charge in [0.2, 0.25) is 0 Å². The van der Waals surface area contributed by atoms with E-state index in [1.807, 2.05) is 26.8 Å². The number of nitrogens with zero attached hydrogens (tertiary/aromatic N) is 3. The van der Waals surface area contributed by atoms with Crippen LogP contribution >= 0.6 is 0 Å². The number of carbonyl (C=O) groups is 1. The predicted molar refractivity (Wildman–Crippen MR) is 105 cm³/mol. The van der Waals surface area contributed by atoms with Crippen LogP contribution in [0.15, 0.2) is 29.2 Å². The molecule has 0 aliphatic carbocycles. The second-order valence-electron chi connectivity index (χ2n) is 6.91. The fraction of sp³-hybridized carbons (Fsp3) is 0.400. The molecule has 0 aliphatic heterocycles. The van der Waals surface area contributed by atoms with E-state index in [9.17, 15) is 9.59 Å². The van der Waals surface area contributed by atoms with E-state index in [-0.39, 0.29) is 28.1 Å². The number of hydrogen-bond donors (Lipinski definition) is 1. The van der Waals surface area contributed by atoms with Crippen molar-refractivity contribution in [2.75, 3.05) is 13.7 Å². The van der Waals surface area contributed by atoms with Crippen molar-refractivity contribution < 1.29 is 14.3 Å². The van der Waals surface area contributed by atoms with E-state index in [0.29, 0.717) is 30.9 Å². The van der Waals surface area contributed by atoms with Crippen molar-refractivity contribution in [3.63, 3.8) is 0 Å². The maximum absolute atomic E-state index is 13.1. The number of carbonyl (C=O) groups excluding carboxylic acids is 1. The van der Waals surface area contributed by atoms with E-state index in [1.54, 1.807) is 16.8 Å². The molecule has 8 heteroatoms. The number of ether oxygens (including phenoxy) is 2. The van der Waals surface area contributed by atoms with E-state index in [1.165, 1.54) is 17.6 Å². The number of esters is 1. The van der Waals surface area contributed by atoms with Gasteiger partial charge in [-0.2, -0.15) is 0 Å². The minimum absolute atomic E-state index is 0.0336. The Morgan fingerprint density at radius 1 is 1.32 bits per heavy atom. The van der Waals surface area contributed by atoms with Crippen LogP contribution in [0.25, 0.3) is 16.7 Å². The van der Waals surface area contributed by atoms with Gasteiger partial charge in [-0.05, 0) is 44.9 Å². The minimum Gasteiger partial charge on any atom is -0.465 e. The van der Waals surface area contributed by atoms with Crippen molar-refractivity contribution in [1.82, 2.24) is 14.0 Å². The van der Waals surface area contributed by atoms with Gasteiger partial charge in [-0.1, -0.05) is 6.07 Å². The molecule has 0 saturated carbocycles. The number of fused-ring (bicyclic) bond motifs is 2. The first kappa shape index (κ1) is 19.8. The van der Waals surface area contributed by atoms with Crippen LogP contribution in [-0.4, -0.2) is 39.7 Å². The van der Waals surface area contributed by atoms with E-state index < -0.39 is 5.97 Å². The minimum atomic E-state index is -0.659. The lowest BCUT2D eigenvalue weighted by Gasteiger charge is -2.15. The van der Waals surface area contributed by atoms with Gasteiger partial charge >= 0.3 is 5.97 Å². The molecule has 0 aromatic carbocycles. The molecule has 3 rings (SSSR count).